The van der Waals surface area contributed by atoms with E-state index in [9.17, 15) is 0 Å². The molecule has 0 fully saturated rings. The number of rotatable bonds is 2. The SMILES string of the molecule is C=C.C=C/C(=C\C)c1cc2ccc3c4ccc5c(ccc6ccoc65)c4ccc3c2o1. The Morgan fingerprint density at radius 3 is 1.90 bits per heavy atom. The van der Waals surface area contributed by atoms with Crippen LogP contribution in [0, 0.1) is 0 Å². The molecule has 2 aromatic heterocycles. The standard InChI is InChI=1S/C27H18O2.C2H4/c1-3-16(4-2)25-15-18-6-8-22-20-9-11-23-21(7-5-17-13-14-28-26(17)23)19(20)10-12-24(22)27(18)29-25;1-2/h3-15H,1H2,2H3;1-2H2/b16-4+;. The van der Waals surface area contributed by atoms with Gasteiger partial charge in [0, 0.05) is 27.1 Å². The molecule has 6 rings (SSSR count). The van der Waals surface area contributed by atoms with Crippen LogP contribution in [0.2, 0.25) is 0 Å². The molecule has 2 heteroatoms. The van der Waals surface area contributed by atoms with Gasteiger partial charge in [-0.3, -0.25) is 0 Å². The van der Waals surface area contributed by atoms with Crippen molar-refractivity contribution in [1.29, 1.82) is 0 Å². The molecule has 0 saturated carbocycles. The van der Waals surface area contributed by atoms with E-state index in [2.05, 4.69) is 74.3 Å². The van der Waals surface area contributed by atoms with E-state index >= 15 is 0 Å². The van der Waals surface area contributed by atoms with E-state index in [1.54, 1.807) is 6.26 Å². The largest absolute Gasteiger partial charge is 0.464 e. The third-order valence-corrected chi connectivity index (χ3v) is 5.90. The maximum atomic E-state index is 6.25. The number of fused-ring (bicyclic) bond motifs is 9. The lowest BCUT2D eigenvalue weighted by Crippen LogP contribution is -1.82. The zero-order valence-electron chi connectivity index (χ0n) is 17.4. The molecule has 4 aromatic carbocycles. The van der Waals surface area contributed by atoms with Crippen LogP contribution in [-0.2, 0) is 0 Å². The Morgan fingerprint density at radius 2 is 1.26 bits per heavy atom. The zero-order chi connectivity index (χ0) is 21.5. The minimum Gasteiger partial charge on any atom is -0.464 e. The lowest BCUT2D eigenvalue weighted by Gasteiger charge is -2.08. The second-order valence-electron chi connectivity index (χ2n) is 7.36. The molecule has 0 N–H and O–H groups in total. The lowest BCUT2D eigenvalue weighted by atomic mass is 9.95. The molecule has 0 spiro atoms. The van der Waals surface area contributed by atoms with Gasteiger partial charge in [-0.05, 0) is 52.7 Å². The molecule has 0 unspecified atom stereocenters. The summed E-state index contributed by atoms with van der Waals surface area (Å²) in [6, 6.07) is 21.5. The van der Waals surface area contributed by atoms with E-state index in [0.29, 0.717) is 0 Å². The van der Waals surface area contributed by atoms with Crippen molar-refractivity contribution in [2.75, 3.05) is 0 Å². The Bertz CT molecular complexity index is 1640. The first kappa shape index (κ1) is 19.0. The Morgan fingerprint density at radius 1 is 0.710 bits per heavy atom. The van der Waals surface area contributed by atoms with Gasteiger partial charge in [-0.1, -0.05) is 55.1 Å². The summed E-state index contributed by atoms with van der Waals surface area (Å²) in [5, 5.41) is 9.34. The molecular weight excluding hydrogens is 380 g/mol. The summed E-state index contributed by atoms with van der Waals surface area (Å²) in [6.07, 6.45) is 5.60. The van der Waals surface area contributed by atoms with Crippen LogP contribution in [0.3, 0.4) is 0 Å². The van der Waals surface area contributed by atoms with Crippen LogP contribution in [0.25, 0.3) is 59.8 Å². The average molecular weight is 402 g/mol. The van der Waals surface area contributed by atoms with Crippen LogP contribution in [0.1, 0.15) is 12.7 Å². The van der Waals surface area contributed by atoms with Gasteiger partial charge in [-0.15, -0.1) is 13.2 Å². The Balaban J connectivity index is 0.000000994. The highest BCUT2D eigenvalue weighted by molar-refractivity contribution is 6.23. The highest BCUT2D eigenvalue weighted by Gasteiger charge is 2.13. The third kappa shape index (κ3) is 2.72. The van der Waals surface area contributed by atoms with Crippen molar-refractivity contribution in [2.24, 2.45) is 0 Å². The Kier molecular flexibility index (Phi) is 4.48. The quantitative estimate of drug-likeness (QED) is 0.164. The topological polar surface area (TPSA) is 26.3 Å². The van der Waals surface area contributed by atoms with E-state index in [-0.39, 0.29) is 0 Å². The van der Waals surface area contributed by atoms with Gasteiger partial charge in [-0.25, -0.2) is 0 Å². The molecule has 0 saturated heterocycles. The van der Waals surface area contributed by atoms with Crippen molar-refractivity contribution in [3.8, 4) is 0 Å². The molecule has 150 valence electrons. The maximum absolute atomic E-state index is 6.25. The van der Waals surface area contributed by atoms with Gasteiger partial charge in [0.2, 0.25) is 0 Å². The normalized spacial score (nSPS) is 12.0. The van der Waals surface area contributed by atoms with Crippen LogP contribution in [0.4, 0.5) is 0 Å². The first-order chi connectivity index (χ1) is 15.3. The van der Waals surface area contributed by atoms with Crippen LogP contribution in [0.15, 0.2) is 108 Å². The van der Waals surface area contributed by atoms with E-state index in [1.165, 1.54) is 21.5 Å². The molecule has 0 radical (unpaired) electrons. The number of allylic oxidation sites excluding steroid dienone is 3. The monoisotopic (exact) mass is 402 g/mol. The number of hydrogen-bond donors (Lipinski definition) is 0. The summed E-state index contributed by atoms with van der Waals surface area (Å²) in [7, 11) is 0. The summed E-state index contributed by atoms with van der Waals surface area (Å²) in [6.45, 7) is 11.9. The molecule has 0 aliphatic heterocycles. The van der Waals surface area contributed by atoms with Crippen molar-refractivity contribution < 1.29 is 8.83 Å². The average Bonchev–Trinajstić information content (AvgIpc) is 3.47. The van der Waals surface area contributed by atoms with Crippen molar-refractivity contribution in [2.45, 2.75) is 6.92 Å². The minimum atomic E-state index is 0.851. The molecule has 2 heterocycles. The summed E-state index contributed by atoms with van der Waals surface area (Å²) in [5.41, 5.74) is 2.87. The van der Waals surface area contributed by atoms with E-state index in [0.717, 1.165) is 44.0 Å². The first-order valence-electron chi connectivity index (χ1n) is 10.3. The summed E-state index contributed by atoms with van der Waals surface area (Å²) in [4.78, 5) is 0. The fourth-order valence-electron chi connectivity index (χ4n) is 4.47. The van der Waals surface area contributed by atoms with Crippen LogP contribution < -0.4 is 0 Å². The van der Waals surface area contributed by atoms with Crippen molar-refractivity contribution >= 4 is 59.8 Å². The van der Waals surface area contributed by atoms with Crippen LogP contribution in [0.5, 0.6) is 0 Å². The number of benzene rings is 4. The number of hydrogen-bond acceptors (Lipinski definition) is 2. The third-order valence-electron chi connectivity index (χ3n) is 5.90. The van der Waals surface area contributed by atoms with Gasteiger partial charge in [0.1, 0.15) is 16.9 Å². The fraction of sp³-hybridized carbons (Fsp3) is 0.0345. The Labute approximate surface area is 180 Å². The van der Waals surface area contributed by atoms with Gasteiger partial charge in [-0.2, -0.15) is 0 Å². The smallest absolute Gasteiger partial charge is 0.142 e. The molecular formula is C29H22O2. The fourth-order valence-corrected chi connectivity index (χ4v) is 4.47. The summed E-state index contributed by atoms with van der Waals surface area (Å²) < 4.78 is 12.0. The maximum Gasteiger partial charge on any atom is 0.142 e. The summed E-state index contributed by atoms with van der Waals surface area (Å²) >= 11 is 0. The second-order valence-corrected chi connectivity index (χ2v) is 7.36. The van der Waals surface area contributed by atoms with Crippen LogP contribution >= 0.6 is 0 Å². The number of furan rings is 2. The van der Waals surface area contributed by atoms with Gasteiger partial charge < -0.3 is 8.83 Å². The molecule has 0 aliphatic rings. The molecule has 31 heavy (non-hydrogen) atoms. The highest BCUT2D eigenvalue weighted by atomic mass is 16.3. The van der Waals surface area contributed by atoms with Crippen molar-refractivity contribution in [3.05, 3.63) is 105 Å². The van der Waals surface area contributed by atoms with Crippen LogP contribution in [-0.4, -0.2) is 0 Å². The molecule has 0 amide bonds. The highest BCUT2D eigenvalue weighted by Crippen LogP contribution is 2.38. The van der Waals surface area contributed by atoms with E-state index < -0.39 is 0 Å². The van der Waals surface area contributed by atoms with Crippen molar-refractivity contribution in [1.82, 2.24) is 0 Å². The van der Waals surface area contributed by atoms with Crippen molar-refractivity contribution in [3.63, 3.8) is 0 Å². The molecule has 6 aromatic rings. The Hall–Kier alpha value is -4.04. The molecule has 0 aliphatic carbocycles. The zero-order valence-corrected chi connectivity index (χ0v) is 17.4. The minimum absolute atomic E-state index is 0.851. The predicted octanol–water partition coefficient (Wildman–Crippen LogP) is 9.03. The summed E-state index contributed by atoms with van der Waals surface area (Å²) in [5.74, 6) is 0.851. The molecule has 0 bridgehead atoms. The predicted molar refractivity (Wildman–Crippen MR) is 134 cm³/mol. The van der Waals surface area contributed by atoms with Gasteiger partial charge in [0.05, 0.1) is 6.26 Å². The van der Waals surface area contributed by atoms with Gasteiger partial charge in [0.15, 0.2) is 0 Å². The van der Waals surface area contributed by atoms with Gasteiger partial charge in [0.25, 0.3) is 0 Å². The van der Waals surface area contributed by atoms with E-state index in [4.69, 9.17) is 8.83 Å². The molecule has 0 atom stereocenters. The van der Waals surface area contributed by atoms with E-state index in [1.807, 2.05) is 25.1 Å². The van der Waals surface area contributed by atoms with Gasteiger partial charge >= 0.3 is 0 Å². The first-order valence-corrected chi connectivity index (χ1v) is 10.3. The lowest BCUT2D eigenvalue weighted by molar-refractivity contribution is 0.604. The molecule has 2 nitrogen and oxygen atoms in total. The second kappa shape index (κ2) is 7.33.